The normalized spacial score (nSPS) is 11.4. The van der Waals surface area contributed by atoms with E-state index in [0.717, 1.165) is 22.0 Å². The van der Waals surface area contributed by atoms with Crippen LogP contribution in [-0.4, -0.2) is 19.3 Å². The van der Waals surface area contributed by atoms with E-state index in [1.165, 1.54) is 12.3 Å². The van der Waals surface area contributed by atoms with Crippen LogP contribution in [0, 0.1) is 5.82 Å². The number of nitrogens with zero attached hydrogens (tertiary/aromatic N) is 4. The highest BCUT2D eigenvalue weighted by Gasteiger charge is 2.12. The van der Waals surface area contributed by atoms with Gasteiger partial charge in [0.2, 0.25) is 0 Å². The molecule has 0 aliphatic carbocycles. The van der Waals surface area contributed by atoms with Crippen LogP contribution in [-0.2, 0) is 13.6 Å². The van der Waals surface area contributed by atoms with Crippen molar-refractivity contribution in [2.24, 2.45) is 7.05 Å². The van der Waals surface area contributed by atoms with Crippen molar-refractivity contribution in [2.75, 3.05) is 0 Å². The number of halogens is 1. The Morgan fingerprint density at radius 1 is 1.00 bits per heavy atom. The summed E-state index contributed by atoms with van der Waals surface area (Å²) in [6.45, 7) is 0.144. The zero-order valence-electron chi connectivity index (χ0n) is 15.7. The smallest absolute Gasteiger partial charge is 0.269 e. The van der Waals surface area contributed by atoms with Crippen molar-refractivity contribution < 1.29 is 4.39 Å². The standard InChI is InChI=1S/C23H17FN4O/c1-27-14-18-17(5-4-7-20(18)26-27)15-9-10-16(19(24)11-15)13-28-22-8-3-2-6-21(22)25-12-23(28)29/h2-12,14H,13H2,1H3. The van der Waals surface area contributed by atoms with E-state index in [0.29, 0.717) is 16.6 Å². The fourth-order valence-electron chi connectivity index (χ4n) is 3.70. The molecule has 5 rings (SSSR count). The van der Waals surface area contributed by atoms with Crippen molar-refractivity contribution in [3.8, 4) is 11.1 Å². The largest absolute Gasteiger partial charge is 0.301 e. The molecule has 0 aliphatic rings. The van der Waals surface area contributed by atoms with Gasteiger partial charge in [-0.15, -0.1) is 0 Å². The third-order valence-corrected chi connectivity index (χ3v) is 5.11. The fraction of sp³-hybridized carbons (Fsp3) is 0.0870. The Kier molecular flexibility index (Phi) is 3.98. The third kappa shape index (κ3) is 2.99. The Balaban J connectivity index is 1.58. The van der Waals surface area contributed by atoms with Gasteiger partial charge in [0, 0.05) is 24.2 Å². The van der Waals surface area contributed by atoms with E-state index in [9.17, 15) is 4.79 Å². The second kappa shape index (κ2) is 6.67. The van der Waals surface area contributed by atoms with Crippen LogP contribution < -0.4 is 5.56 Å². The van der Waals surface area contributed by atoms with E-state index in [4.69, 9.17) is 0 Å². The van der Waals surface area contributed by atoms with Crippen molar-refractivity contribution in [1.29, 1.82) is 0 Å². The summed E-state index contributed by atoms with van der Waals surface area (Å²) in [5.41, 5.74) is 4.14. The number of para-hydroxylation sites is 2. The summed E-state index contributed by atoms with van der Waals surface area (Å²) in [6, 6.07) is 18.3. The van der Waals surface area contributed by atoms with E-state index >= 15 is 4.39 Å². The molecule has 2 heterocycles. The summed E-state index contributed by atoms with van der Waals surface area (Å²) < 4.78 is 18.3. The topological polar surface area (TPSA) is 52.7 Å². The van der Waals surface area contributed by atoms with E-state index in [1.54, 1.807) is 15.3 Å². The first kappa shape index (κ1) is 17.3. The number of hydrogen-bond donors (Lipinski definition) is 0. The van der Waals surface area contributed by atoms with Gasteiger partial charge in [-0.3, -0.25) is 9.48 Å². The van der Waals surface area contributed by atoms with E-state index in [-0.39, 0.29) is 17.9 Å². The summed E-state index contributed by atoms with van der Waals surface area (Å²) in [6.07, 6.45) is 3.21. The minimum absolute atomic E-state index is 0.144. The highest BCUT2D eigenvalue weighted by Crippen LogP contribution is 2.29. The molecule has 0 fully saturated rings. The molecule has 5 nitrogen and oxygen atoms in total. The van der Waals surface area contributed by atoms with Crippen molar-refractivity contribution in [3.05, 3.63) is 94.8 Å². The van der Waals surface area contributed by atoms with Gasteiger partial charge in [-0.1, -0.05) is 36.4 Å². The Bertz CT molecular complexity index is 1430. The predicted octanol–water partition coefficient (Wildman–Crippen LogP) is 4.14. The number of hydrogen-bond acceptors (Lipinski definition) is 3. The highest BCUT2D eigenvalue weighted by molar-refractivity contribution is 5.94. The molecule has 0 bridgehead atoms. The van der Waals surface area contributed by atoms with Crippen molar-refractivity contribution >= 4 is 21.9 Å². The maximum atomic E-state index is 15.0. The second-order valence-electron chi connectivity index (χ2n) is 7.02. The molecule has 2 aromatic heterocycles. The highest BCUT2D eigenvalue weighted by atomic mass is 19.1. The zero-order chi connectivity index (χ0) is 20.0. The minimum atomic E-state index is -0.351. The Labute approximate surface area is 165 Å². The first-order chi connectivity index (χ1) is 14.1. The number of rotatable bonds is 3. The minimum Gasteiger partial charge on any atom is -0.301 e. The first-order valence-corrected chi connectivity index (χ1v) is 9.26. The molecule has 6 heteroatoms. The third-order valence-electron chi connectivity index (χ3n) is 5.11. The molecule has 0 amide bonds. The lowest BCUT2D eigenvalue weighted by atomic mass is 10.0. The van der Waals surface area contributed by atoms with Crippen molar-refractivity contribution in [2.45, 2.75) is 6.54 Å². The summed E-state index contributed by atoms with van der Waals surface area (Å²) in [5.74, 6) is -0.351. The molecule has 0 radical (unpaired) electrons. The molecule has 5 aromatic rings. The summed E-state index contributed by atoms with van der Waals surface area (Å²) in [4.78, 5) is 16.5. The van der Waals surface area contributed by atoms with Crippen molar-refractivity contribution in [1.82, 2.24) is 19.3 Å². The lowest BCUT2D eigenvalue weighted by Crippen LogP contribution is -2.21. The molecular formula is C23H17FN4O. The van der Waals surface area contributed by atoms with Gasteiger partial charge in [-0.05, 0) is 35.4 Å². The van der Waals surface area contributed by atoms with Gasteiger partial charge in [0.1, 0.15) is 5.82 Å². The quantitative estimate of drug-likeness (QED) is 0.470. The Morgan fingerprint density at radius 3 is 2.69 bits per heavy atom. The first-order valence-electron chi connectivity index (χ1n) is 9.26. The van der Waals surface area contributed by atoms with E-state index in [2.05, 4.69) is 10.1 Å². The molecule has 0 N–H and O–H groups in total. The van der Waals surface area contributed by atoms with Crippen LogP contribution >= 0.6 is 0 Å². The van der Waals surface area contributed by atoms with Crippen LogP contribution in [0.1, 0.15) is 5.56 Å². The number of benzene rings is 3. The summed E-state index contributed by atoms with van der Waals surface area (Å²) in [7, 11) is 1.87. The van der Waals surface area contributed by atoms with Crippen molar-refractivity contribution in [3.63, 3.8) is 0 Å². The van der Waals surface area contributed by atoms with E-state index < -0.39 is 0 Å². The lowest BCUT2D eigenvalue weighted by Gasteiger charge is -2.11. The number of aryl methyl sites for hydroxylation is 1. The zero-order valence-corrected chi connectivity index (χ0v) is 15.7. The maximum absolute atomic E-state index is 15.0. The van der Waals surface area contributed by atoms with Gasteiger partial charge in [0.05, 0.1) is 29.3 Å². The summed E-state index contributed by atoms with van der Waals surface area (Å²) in [5, 5.41) is 5.38. The Hall–Kier alpha value is -3.80. The maximum Gasteiger partial charge on any atom is 0.269 e. The molecule has 29 heavy (non-hydrogen) atoms. The summed E-state index contributed by atoms with van der Waals surface area (Å²) >= 11 is 0. The monoisotopic (exact) mass is 384 g/mol. The van der Waals surface area contributed by atoms with Crippen LogP contribution in [0.3, 0.4) is 0 Å². The van der Waals surface area contributed by atoms with Crippen LogP contribution in [0.2, 0.25) is 0 Å². The van der Waals surface area contributed by atoms with Gasteiger partial charge in [-0.25, -0.2) is 9.37 Å². The lowest BCUT2D eigenvalue weighted by molar-refractivity contribution is 0.599. The van der Waals surface area contributed by atoms with Crippen LogP contribution in [0.5, 0.6) is 0 Å². The van der Waals surface area contributed by atoms with Crippen LogP contribution in [0.4, 0.5) is 4.39 Å². The van der Waals surface area contributed by atoms with Gasteiger partial charge in [0.15, 0.2) is 0 Å². The molecule has 142 valence electrons. The van der Waals surface area contributed by atoms with Crippen LogP contribution in [0.15, 0.2) is 77.9 Å². The second-order valence-corrected chi connectivity index (χ2v) is 7.02. The SMILES string of the molecule is Cn1cc2c(-c3ccc(Cn4c(=O)cnc5ccccc54)c(F)c3)cccc2n1. The van der Waals surface area contributed by atoms with Gasteiger partial charge < -0.3 is 4.57 Å². The van der Waals surface area contributed by atoms with Crippen LogP contribution in [0.25, 0.3) is 33.1 Å². The molecule has 0 aliphatic heterocycles. The Morgan fingerprint density at radius 2 is 1.83 bits per heavy atom. The predicted molar refractivity (Wildman–Crippen MR) is 111 cm³/mol. The molecule has 0 saturated heterocycles. The average molecular weight is 384 g/mol. The average Bonchev–Trinajstić information content (AvgIpc) is 3.11. The van der Waals surface area contributed by atoms with Gasteiger partial charge in [0.25, 0.3) is 5.56 Å². The number of aromatic nitrogens is 4. The molecule has 0 unspecified atom stereocenters. The molecule has 0 atom stereocenters. The van der Waals surface area contributed by atoms with Gasteiger partial charge >= 0.3 is 0 Å². The molecule has 0 spiro atoms. The van der Waals surface area contributed by atoms with E-state index in [1.807, 2.05) is 61.8 Å². The number of fused-ring (bicyclic) bond motifs is 2. The molecule has 0 saturated carbocycles. The fourth-order valence-corrected chi connectivity index (χ4v) is 3.70. The molecule has 3 aromatic carbocycles. The molecular weight excluding hydrogens is 367 g/mol. The van der Waals surface area contributed by atoms with Gasteiger partial charge in [-0.2, -0.15) is 5.10 Å².